The van der Waals surface area contributed by atoms with E-state index in [4.69, 9.17) is 5.11 Å². The average Bonchev–Trinajstić information content (AvgIpc) is 2.77. The fraction of sp³-hybridized carbons (Fsp3) is 0. The number of thiophene rings is 1. The lowest BCUT2D eigenvalue weighted by Gasteiger charge is -2.04. The maximum atomic E-state index is 12.9. The number of carbonyl (C=O) groups is 2. The number of aromatic carboxylic acids is 1. The van der Waals surface area contributed by atoms with Gasteiger partial charge < -0.3 is 10.4 Å². The summed E-state index contributed by atoms with van der Waals surface area (Å²) in [5.41, 5.74) is 0.157. The van der Waals surface area contributed by atoms with Crippen molar-refractivity contribution in [3.8, 4) is 0 Å². The number of halogens is 1. The van der Waals surface area contributed by atoms with Crippen LogP contribution in [0.2, 0.25) is 0 Å². The first kappa shape index (κ1) is 12.3. The molecule has 1 aromatic carbocycles. The predicted molar refractivity (Wildman–Crippen MR) is 65.6 cm³/mol. The van der Waals surface area contributed by atoms with Gasteiger partial charge in [0.1, 0.15) is 10.8 Å². The largest absolute Gasteiger partial charge is 0.478 e. The van der Waals surface area contributed by atoms with Crippen LogP contribution in [0.5, 0.6) is 0 Å². The molecule has 0 fully saturated rings. The van der Waals surface area contributed by atoms with Gasteiger partial charge in [-0.25, -0.2) is 9.18 Å². The molecule has 0 saturated heterocycles. The van der Waals surface area contributed by atoms with Crippen LogP contribution < -0.4 is 5.32 Å². The Morgan fingerprint density at radius 3 is 2.72 bits per heavy atom. The van der Waals surface area contributed by atoms with Crippen LogP contribution in [0.25, 0.3) is 0 Å². The van der Waals surface area contributed by atoms with E-state index in [1.807, 2.05) is 0 Å². The highest BCUT2D eigenvalue weighted by Crippen LogP contribution is 2.23. The number of hydrogen-bond donors (Lipinski definition) is 2. The Balaban J connectivity index is 2.21. The van der Waals surface area contributed by atoms with Crippen molar-refractivity contribution in [3.05, 3.63) is 52.7 Å². The second-order valence-corrected chi connectivity index (χ2v) is 4.35. The number of carboxylic acids is 1. The maximum absolute atomic E-state index is 12.9. The normalized spacial score (nSPS) is 10.1. The van der Waals surface area contributed by atoms with E-state index in [0.717, 1.165) is 17.4 Å². The molecule has 0 aliphatic rings. The molecule has 0 atom stereocenters. The number of carboxylic acid groups (broad SMARTS) is 1. The van der Waals surface area contributed by atoms with Crippen LogP contribution >= 0.6 is 11.3 Å². The van der Waals surface area contributed by atoms with Crippen LogP contribution in [0, 0.1) is 5.82 Å². The highest BCUT2D eigenvalue weighted by molar-refractivity contribution is 7.14. The summed E-state index contributed by atoms with van der Waals surface area (Å²) < 4.78 is 12.9. The first-order valence-corrected chi connectivity index (χ1v) is 5.83. The number of amides is 1. The van der Waals surface area contributed by atoms with Gasteiger partial charge in [0.15, 0.2) is 0 Å². The van der Waals surface area contributed by atoms with E-state index in [1.54, 1.807) is 5.38 Å². The molecule has 0 aliphatic heterocycles. The van der Waals surface area contributed by atoms with Gasteiger partial charge in [0.25, 0.3) is 5.91 Å². The molecule has 0 aliphatic carbocycles. The van der Waals surface area contributed by atoms with Crippen molar-refractivity contribution in [2.45, 2.75) is 0 Å². The van der Waals surface area contributed by atoms with E-state index < -0.39 is 17.7 Å². The molecule has 0 radical (unpaired) electrons. The fourth-order valence-corrected chi connectivity index (χ4v) is 2.15. The van der Waals surface area contributed by atoms with E-state index >= 15 is 0 Å². The number of hydrogen-bond acceptors (Lipinski definition) is 3. The van der Waals surface area contributed by atoms with E-state index in [-0.39, 0.29) is 16.1 Å². The molecule has 4 nitrogen and oxygen atoms in total. The molecule has 6 heteroatoms. The lowest BCUT2D eigenvalue weighted by atomic mass is 10.2. The zero-order chi connectivity index (χ0) is 13.1. The van der Waals surface area contributed by atoms with Gasteiger partial charge in [0.2, 0.25) is 0 Å². The van der Waals surface area contributed by atoms with Crippen LogP contribution in [0.3, 0.4) is 0 Å². The van der Waals surface area contributed by atoms with Gasteiger partial charge in [0.05, 0.1) is 5.56 Å². The topological polar surface area (TPSA) is 66.4 Å². The van der Waals surface area contributed by atoms with E-state index in [0.29, 0.717) is 0 Å². The second-order valence-electron chi connectivity index (χ2n) is 3.43. The molecule has 0 unspecified atom stereocenters. The fourth-order valence-electron chi connectivity index (χ4n) is 1.38. The zero-order valence-corrected chi connectivity index (χ0v) is 9.83. The molecule has 1 heterocycles. The Morgan fingerprint density at radius 1 is 1.28 bits per heavy atom. The molecule has 0 bridgehead atoms. The molecule has 18 heavy (non-hydrogen) atoms. The van der Waals surface area contributed by atoms with Gasteiger partial charge in [0, 0.05) is 5.56 Å². The molecule has 2 N–H and O–H groups in total. The van der Waals surface area contributed by atoms with Crippen molar-refractivity contribution in [1.82, 2.24) is 0 Å². The number of rotatable bonds is 3. The lowest BCUT2D eigenvalue weighted by Crippen LogP contribution is -2.13. The molecule has 2 aromatic rings. The Bertz CT molecular complexity index is 609. The minimum Gasteiger partial charge on any atom is -0.478 e. The molecular formula is C12H8FNO3S. The van der Waals surface area contributed by atoms with Crippen molar-refractivity contribution in [2.75, 3.05) is 5.32 Å². The number of anilines is 1. The minimum absolute atomic E-state index is 0.0183. The highest BCUT2D eigenvalue weighted by Gasteiger charge is 2.14. The lowest BCUT2D eigenvalue weighted by molar-refractivity contribution is 0.0698. The van der Waals surface area contributed by atoms with Crippen LogP contribution in [-0.2, 0) is 0 Å². The summed E-state index contributed by atoms with van der Waals surface area (Å²) in [6.07, 6.45) is 0. The van der Waals surface area contributed by atoms with Crippen molar-refractivity contribution >= 4 is 28.2 Å². The summed E-state index contributed by atoms with van der Waals surface area (Å²) in [7, 11) is 0. The van der Waals surface area contributed by atoms with Gasteiger partial charge >= 0.3 is 5.97 Å². The van der Waals surface area contributed by atoms with Crippen molar-refractivity contribution in [2.24, 2.45) is 0 Å². The summed E-state index contributed by atoms with van der Waals surface area (Å²) in [6, 6.07) is 6.57. The molecule has 2 rings (SSSR count). The Kier molecular flexibility index (Phi) is 3.38. The summed E-state index contributed by atoms with van der Waals surface area (Å²) in [5.74, 6) is -2.18. The first-order valence-electron chi connectivity index (χ1n) is 4.95. The summed E-state index contributed by atoms with van der Waals surface area (Å²) >= 11 is 1.10. The van der Waals surface area contributed by atoms with Crippen LogP contribution in [0.1, 0.15) is 20.7 Å². The van der Waals surface area contributed by atoms with Crippen molar-refractivity contribution in [1.29, 1.82) is 0 Å². The average molecular weight is 265 g/mol. The SMILES string of the molecule is O=C(Nc1sccc1C(=O)O)c1cccc(F)c1. The molecule has 1 amide bonds. The van der Waals surface area contributed by atoms with E-state index in [9.17, 15) is 14.0 Å². The van der Waals surface area contributed by atoms with Gasteiger partial charge in [-0.05, 0) is 29.6 Å². The van der Waals surface area contributed by atoms with E-state index in [1.165, 1.54) is 24.3 Å². The zero-order valence-electron chi connectivity index (χ0n) is 9.01. The molecule has 92 valence electrons. The van der Waals surface area contributed by atoms with Crippen molar-refractivity contribution in [3.63, 3.8) is 0 Å². The van der Waals surface area contributed by atoms with Crippen LogP contribution in [0.15, 0.2) is 35.7 Å². The van der Waals surface area contributed by atoms with Gasteiger partial charge in [-0.15, -0.1) is 11.3 Å². The molecular weight excluding hydrogens is 257 g/mol. The maximum Gasteiger partial charge on any atom is 0.338 e. The number of carbonyl (C=O) groups excluding carboxylic acids is 1. The van der Waals surface area contributed by atoms with E-state index in [2.05, 4.69) is 5.32 Å². The Labute approximate surface area is 106 Å². The van der Waals surface area contributed by atoms with Crippen LogP contribution in [-0.4, -0.2) is 17.0 Å². The molecule has 1 aromatic heterocycles. The quantitative estimate of drug-likeness (QED) is 0.896. The summed E-state index contributed by atoms with van der Waals surface area (Å²) in [4.78, 5) is 22.6. The number of benzene rings is 1. The third-order valence-electron chi connectivity index (χ3n) is 2.21. The monoisotopic (exact) mass is 265 g/mol. The smallest absolute Gasteiger partial charge is 0.338 e. The second kappa shape index (κ2) is 4.97. The van der Waals surface area contributed by atoms with Crippen LogP contribution in [0.4, 0.5) is 9.39 Å². The van der Waals surface area contributed by atoms with Gasteiger partial charge in [-0.1, -0.05) is 6.07 Å². The first-order chi connectivity index (χ1) is 8.58. The Hall–Kier alpha value is -2.21. The van der Waals surface area contributed by atoms with Gasteiger partial charge in [-0.2, -0.15) is 0 Å². The Morgan fingerprint density at radius 2 is 2.06 bits per heavy atom. The minimum atomic E-state index is -1.12. The predicted octanol–water partition coefficient (Wildman–Crippen LogP) is 2.84. The summed E-state index contributed by atoms with van der Waals surface area (Å²) in [6.45, 7) is 0. The number of nitrogens with one attached hydrogen (secondary N) is 1. The molecule has 0 saturated carbocycles. The summed E-state index contributed by atoms with van der Waals surface area (Å²) in [5, 5.41) is 13.1. The molecule has 0 spiro atoms. The third-order valence-corrected chi connectivity index (χ3v) is 3.04. The third kappa shape index (κ3) is 2.54. The standard InChI is InChI=1S/C12H8FNO3S/c13-8-3-1-2-7(6-8)10(15)14-11-9(12(16)17)4-5-18-11/h1-6H,(H,14,15)(H,16,17). The highest BCUT2D eigenvalue weighted by atomic mass is 32.1. The van der Waals surface area contributed by atoms with Gasteiger partial charge in [-0.3, -0.25) is 4.79 Å². The van der Waals surface area contributed by atoms with Crippen molar-refractivity contribution < 1.29 is 19.1 Å².